The molecule has 0 bridgehead atoms. The monoisotopic (exact) mass is 252 g/mol. The molecule has 7 heteroatoms. The molecule has 0 amide bonds. The lowest BCUT2D eigenvalue weighted by atomic mass is 10.2. The topological polar surface area (TPSA) is 75.7 Å². The van der Waals surface area contributed by atoms with Gasteiger partial charge < -0.3 is 9.72 Å². The number of aromatic amines is 2. The van der Waals surface area contributed by atoms with E-state index in [1.807, 2.05) is 0 Å². The fourth-order valence-corrected chi connectivity index (χ4v) is 1.73. The number of ether oxygens (including phenoxy) is 1. The molecule has 6 nitrogen and oxygen atoms in total. The molecule has 90 valence electrons. The maximum atomic E-state index is 11.7. The molecule has 0 saturated heterocycles. The predicted molar refractivity (Wildman–Crippen MR) is 65.3 cm³/mol. The van der Waals surface area contributed by atoms with Gasteiger partial charge in [-0.05, 0) is 24.4 Å². The molecule has 0 saturated carbocycles. The Bertz CT molecular complexity index is 613. The summed E-state index contributed by atoms with van der Waals surface area (Å²) in [4.78, 5) is 14.3. The fraction of sp³-hybridized carbons (Fsp3) is 0.300. The predicted octanol–water partition coefficient (Wildman–Crippen LogP) is 0.942. The van der Waals surface area contributed by atoms with Gasteiger partial charge in [0.2, 0.25) is 0 Å². The van der Waals surface area contributed by atoms with E-state index < -0.39 is 0 Å². The number of nitrogens with one attached hydrogen (secondary N) is 2. The first-order valence-electron chi connectivity index (χ1n) is 5.06. The van der Waals surface area contributed by atoms with Crippen LogP contribution in [0.4, 0.5) is 0 Å². The molecular weight excluding hydrogens is 240 g/mol. The van der Waals surface area contributed by atoms with Crippen molar-refractivity contribution in [1.29, 1.82) is 0 Å². The zero-order chi connectivity index (χ0) is 12.3. The number of methoxy groups -OCH3 is 1. The van der Waals surface area contributed by atoms with Crippen molar-refractivity contribution in [3.8, 4) is 11.4 Å². The second kappa shape index (κ2) is 5.07. The van der Waals surface area contributed by atoms with E-state index in [0.717, 1.165) is 0 Å². The smallest absolute Gasteiger partial charge is 0.259 e. The molecule has 2 N–H and O–H groups in total. The summed E-state index contributed by atoms with van der Waals surface area (Å²) in [5.41, 5.74) is 0.288. The van der Waals surface area contributed by atoms with Crippen LogP contribution in [0.15, 0.2) is 23.1 Å². The van der Waals surface area contributed by atoms with E-state index >= 15 is 0 Å². The van der Waals surface area contributed by atoms with Gasteiger partial charge in [0.05, 0.1) is 18.7 Å². The Balaban J connectivity index is 2.50. The van der Waals surface area contributed by atoms with Crippen LogP contribution in [0.25, 0.3) is 11.4 Å². The molecule has 0 atom stereocenters. The second-order valence-corrected chi connectivity index (χ2v) is 3.80. The highest BCUT2D eigenvalue weighted by atomic mass is 32.1. The summed E-state index contributed by atoms with van der Waals surface area (Å²) in [7, 11) is 1.61. The van der Waals surface area contributed by atoms with E-state index in [2.05, 4.69) is 15.2 Å². The van der Waals surface area contributed by atoms with Crippen LogP contribution >= 0.6 is 12.2 Å². The van der Waals surface area contributed by atoms with Crippen molar-refractivity contribution >= 4 is 12.2 Å². The van der Waals surface area contributed by atoms with E-state index in [-0.39, 0.29) is 5.56 Å². The zero-order valence-corrected chi connectivity index (χ0v) is 10.1. The summed E-state index contributed by atoms with van der Waals surface area (Å²) < 4.78 is 7.21. The number of pyridine rings is 1. The quantitative estimate of drug-likeness (QED) is 0.794. The van der Waals surface area contributed by atoms with Crippen LogP contribution in [0.1, 0.15) is 0 Å². The highest BCUT2D eigenvalue weighted by Crippen LogP contribution is 2.11. The lowest BCUT2D eigenvalue weighted by Gasteiger charge is -2.04. The van der Waals surface area contributed by atoms with Crippen LogP contribution in [0, 0.1) is 4.77 Å². The summed E-state index contributed by atoms with van der Waals surface area (Å²) in [6.45, 7) is 1.06. The van der Waals surface area contributed by atoms with Gasteiger partial charge in [0.1, 0.15) is 0 Å². The molecule has 0 aliphatic heterocycles. The van der Waals surface area contributed by atoms with Crippen LogP contribution < -0.4 is 5.56 Å². The van der Waals surface area contributed by atoms with E-state index in [4.69, 9.17) is 17.0 Å². The van der Waals surface area contributed by atoms with Gasteiger partial charge in [-0.2, -0.15) is 5.10 Å². The average Bonchev–Trinajstić information content (AvgIpc) is 2.69. The Kier molecular flexibility index (Phi) is 3.50. The molecule has 0 fully saturated rings. The standard InChI is InChI=1S/C10H12N4O2S/c1-16-6-5-14-8(12-13-10(14)17)7-3-2-4-11-9(7)15/h2-4H,5-6H2,1H3,(H,11,15)(H,13,17). The molecular formula is C10H12N4O2S. The van der Waals surface area contributed by atoms with Crippen LogP contribution in [-0.4, -0.2) is 33.5 Å². The van der Waals surface area contributed by atoms with E-state index in [0.29, 0.717) is 29.3 Å². The van der Waals surface area contributed by atoms with Crippen molar-refractivity contribution in [2.45, 2.75) is 6.54 Å². The molecule has 0 radical (unpaired) electrons. The molecule has 2 rings (SSSR count). The Labute approximate surface area is 102 Å². The van der Waals surface area contributed by atoms with Crippen LogP contribution in [0.3, 0.4) is 0 Å². The lowest BCUT2D eigenvalue weighted by molar-refractivity contribution is 0.187. The Morgan fingerprint density at radius 1 is 1.59 bits per heavy atom. The van der Waals surface area contributed by atoms with Crippen molar-refractivity contribution < 1.29 is 4.74 Å². The number of hydrogen-bond donors (Lipinski definition) is 2. The normalized spacial score (nSPS) is 10.6. The van der Waals surface area contributed by atoms with E-state index in [1.165, 1.54) is 0 Å². The number of nitrogens with zero attached hydrogens (tertiary/aromatic N) is 2. The molecule has 2 heterocycles. The van der Waals surface area contributed by atoms with Crippen molar-refractivity contribution in [2.75, 3.05) is 13.7 Å². The summed E-state index contributed by atoms with van der Waals surface area (Å²) in [5, 5.41) is 6.75. The maximum Gasteiger partial charge on any atom is 0.259 e. The van der Waals surface area contributed by atoms with Gasteiger partial charge in [0, 0.05) is 13.3 Å². The van der Waals surface area contributed by atoms with Crippen molar-refractivity contribution in [3.05, 3.63) is 33.5 Å². The first-order valence-corrected chi connectivity index (χ1v) is 5.47. The van der Waals surface area contributed by atoms with Crippen molar-refractivity contribution in [1.82, 2.24) is 19.7 Å². The number of hydrogen-bond acceptors (Lipinski definition) is 4. The van der Waals surface area contributed by atoms with Gasteiger partial charge in [0.15, 0.2) is 10.6 Å². The minimum Gasteiger partial charge on any atom is -0.383 e. The number of rotatable bonds is 4. The zero-order valence-electron chi connectivity index (χ0n) is 9.27. The van der Waals surface area contributed by atoms with Gasteiger partial charge in [-0.15, -0.1) is 0 Å². The Morgan fingerprint density at radius 2 is 2.41 bits per heavy atom. The van der Waals surface area contributed by atoms with Crippen molar-refractivity contribution in [2.24, 2.45) is 0 Å². The summed E-state index contributed by atoms with van der Waals surface area (Å²) >= 11 is 5.11. The summed E-state index contributed by atoms with van der Waals surface area (Å²) in [5.74, 6) is 0.522. The average molecular weight is 252 g/mol. The Morgan fingerprint density at radius 3 is 3.12 bits per heavy atom. The molecule has 17 heavy (non-hydrogen) atoms. The molecule has 0 unspecified atom stereocenters. The van der Waals surface area contributed by atoms with Gasteiger partial charge in [0.25, 0.3) is 5.56 Å². The summed E-state index contributed by atoms with van der Waals surface area (Å²) in [6, 6.07) is 3.45. The van der Waals surface area contributed by atoms with Crippen LogP contribution in [0.5, 0.6) is 0 Å². The third-order valence-electron chi connectivity index (χ3n) is 2.34. The van der Waals surface area contributed by atoms with Gasteiger partial charge >= 0.3 is 0 Å². The maximum absolute atomic E-state index is 11.7. The molecule has 0 aliphatic carbocycles. The van der Waals surface area contributed by atoms with Gasteiger partial charge in [-0.3, -0.25) is 14.5 Å². The fourth-order valence-electron chi connectivity index (χ4n) is 1.51. The van der Waals surface area contributed by atoms with Gasteiger partial charge in [-0.25, -0.2) is 0 Å². The molecule has 2 aromatic heterocycles. The van der Waals surface area contributed by atoms with E-state index in [9.17, 15) is 4.79 Å². The second-order valence-electron chi connectivity index (χ2n) is 3.41. The SMILES string of the molecule is COCCn1c(-c2ccc[nH]c2=O)n[nH]c1=S. The van der Waals surface area contributed by atoms with Crippen molar-refractivity contribution in [3.63, 3.8) is 0 Å². The largest absolute Gasteiger partial charge is 0.383 e. The number of aromatic nitrogens is 4. The first kappa shape index (κ1) is 11.7. The molecule has 0 spiro atoms. The molecule has 2 aromatic rings. The van der Waals surface area contributed by atoms with Crippen LogP contribution in [0.2, 0.25) is 0 Å². The lowest BCUT2D eigenvalue weighted by Crippen LogP contribution is -2.13. The van der Waals surface area contributed by atoms with Gasteiger partial charge in [-0.1, -0.05) is 0 Å². The van der Waals surface area contributed by atoms with E-state index in [1.54, 1.807) is 30.0 Å². The number of H-pyrrole nitrogens is 2. The first-order chi connectivity index (χ1) is 8.24. The highest BCUT2D eigenvalue weighted by molar-refractivity contribution is 7.71. The highest BCUT2D eigenvalue weighted by Gasteiger charge is 2.11. The molecule has 0 aromatic carbocycles. The Hall–Kier alpha value is -1.73. The third-order valence-corrected chi connectivity index (χ3v) is 2.65. The van der Waals surface area contributed by atoms with Crippen LogP contribution in [-0.2, 0) is 11.3 Å². The third kappa shape index (κ3) is 2.34. The minimum atomic E-state index is -0.194. The molecule has 0 aliphatic rings. The minimum absolute atomic E-state index is 0.194. The summed E-state index contributed by atoms with van der Waals surface area (Å²) in [6.07, 6.45) is 1.58.